The fourth-order valence-corrected chi connectivity index (χ4v) is 2.58. The summed E-state index contributed by atoms with van der Waals surface area (Å²) in [5, 5.41) is 3.19. The maximum absolute atomic E-state index is 12.5. The van der Waals surface area contributed by atoms with E-state index >= 15 is 0 Å². The number of hydrogen-bond acceptors (Lipinski definition) is 2. The smallest absolute Gasteiger partial charge is 0.381 e. The monoisotopic (exact) mass is 341 g/mol. The van der Waals surface area contributed by atoms with Gasteiger partial charge < -0.3 is 5.32 Å². The number of anilines is 1. The zero-order valence-corrected chi connectivity index (χ0v) is 12.5. The summed E-state index contributed by atoms with van der Waals surface area (Å²) in [5.74, 6) is 1.95. The topological polar surface area (TPSA) is 12.0 Å². The van der Waals surface area contributed by atoms with Crippen LogP contribution in [0.15, 0.2) is 22.7 Å². The van der Waals surface area contributed by atoms with Crippen LogP contribution in [0.1, 0.15) is 19.4 Å². The van der Waals surface area contributed by atoms with E-state index in [0.717, 1.165) is 23.6 Å². The second-order valence-corrected chi connectivity index (χ2v) is 6.07. The van der Waals surface area contributed by atoms with Gasteiger partial charge in [-0.1, -0.05) is 6.92 Å². The average Bonchev–Trinajstić information content (AvgIpc) is 2.27. The van der Waals surface area contributed by atoms with Crippen molar-refractivity contribution in [2.45, 2.75) is 26.1 Å². The van der Waals surface area contributed by atoms with Crippen LogP contribution in [-0.4, -0.2) is 17.5 Å². The van der Waals surface area contributed by atoms with Crippen molar-refractivity contribution in [3.8, 4) is 0 Å². The van der Waals surface area contributed by atoms with Crippen molar-refractivity contribution in [3.05, 3.63) is 28.2 Å². The van der Waals surface area contributed by atoms with Gasteiger partial charge in [0.1, 0.15) is 0 Å². The van der Waals surface area contributed by atoms with Gasteiger partial charge in [0.05, 0.1) is 5.56 Å². The molecule has 0 saturated heterocycles. The third-order valence-electron chi connectivity index (χ3n) is 2.27. The molecule has 0 bridgehead atoms. The van der Waals surface area contributed by atoms with E-state index < -0.39 is 11.7 Å². The highest BCUT2D eigenvalue weighted by molar-refractivity contribution is 9.10. The number of halogens is 4. The van der Waals surface area contributed by atoms with Gasteiger partial charge in [0.15, 0.2) is 0 Å². The molecule has 1 N–H and O–H groups in total. The van der Waals surface area contributed by atoms with E-state index in [-0.39, 0.29) is 6.04 Å². The molecule has 0 amide bonds. The summed E-state index contributed by atoms with van der Waals surface area (Å²) in [4.78, 5) is 0. The van der Waals surface area contributed by atoms with Crippen molar-refractivity contribution in [2.75, 3.05) is 16.8 Å². The lowest BCUT2D eigenvalue weighted by atomic mass is 10.2. The predicted octanol–water partition coefficient (Wildman–Crippen LogP) is 5.02. The standard InChI is InChI=1S/C12H15BrF3NS/c1-3-18-7-8(2)17-11-5-4-9(6-10(11)13)12(14,15)16/h4-6,8,17H,3,7H2,1-2H3. The predicted molar refractivity (Wildman–Crippen MR) is 75.2 cm³/mol. The van der Waals surface area contributed by atoms with Crippen molar-refractivity contribution in [3.63, 3.8) is 0 Å². The molecule has 1 unspecified atom stereocenters. The van der Waals surface area contributed by atoms with Crippen molar-refractivity contribution >= 4 is 33.4 Å². The van der Waals surface area contributed by atoms with Gasteiger partial charge >= 0.3 is 6.18 Å². The Kier molecular flexibility index (Phi) is 5.85. The fourth-order valence-electron chi connectivity index (χ4n) is 1.41. The van der Waals surface area contributed by atoms with E-state index in [4.69, 9.17) is 0 Å². The molecule has 0 aromatic heterocycles. The number of hydrogen-bond donors (Lipinski definition) is 1. The summed E-state index contributed by atoms with van der Waals surface area (Å²) in [5.41, 5.74) is 0.0442. The molecule has 0 saturated carbocycles. The highest BCUT2D eigenvalue weighted by atomic mass is 79.9. The van der Waals surface area contributed by atoms with Gasteiger partial charge in [0.25, 0.3) is 0 Å². The van der Waals surface area contributed by atoms with Crippen LogP contribution in [0.2, 0.25) is 0 Å². The number of alkyl halides is 3. The minimum Gasteiger partial charge on any atom is -0.381 e. The summed E-state index contributed by atoms with van der Waals surface area (Å²) >= 11 is 4.96. The van der Waals surface area contributed by atoms with Gasteiger partial charge in [-0.05, 0) is 46.8 Å². The molecule has 102 valence electrons. The lowest BCUT2D eigenvalue weighted by Gasteiger charge is -2.17. The van der Waals surface area contributed by atoms with E-state index in [0.29, 0.717) is 10.2 Å². The summed E-state index contributed by atoms with van der Waals surface area (Å²) in [6.45, 7) is 4.08. The van der Waals surface area contributed by atoms with Crippen LogP contribution in [-0.2, 0) is 6.18 Å². The van der Waals surface area contributed by atoms with Crippen LogP contribution in [0.5, 0.6) is 0 Å². The maximum atomic E-state index is 12.5. The Morgan fingerprint density at radius 1 is 1.39 bits per heavy atom. The third-order valence-corrected chi connectivity index (χ3v) is 4.07. The van der Waals surface area contributed by atoms with E-state index in [2.05, 4.69) is 28.2 Å². The van der Waals surface area contributed by atoms with Crippen LogP contribution in [0.25, 0.3) is 0 Å². The minimum atomic E-state index is -4.30. The molecular weight excluding hydrogens is 327 g/mol. The Balaban J connectivity index is 2.74. The summed E-state index contributed by atoms with van der Waals surface area (Å²) in [6.07, 6.45) is -4.30. The summed E-state index contributed by atoms with van der Waals surface area (Å²) in [7, 11) is 0. The van der Waals surface area contributed by atoms with Crippen molar-refractivity contribution in [1.29, 1.82) is 0 Å². The molecule has 1 rings (SSSR count). The molecule has 0 aliphatic heterocycles. The second-order valence-electron chi connectivity index (χ2n) is 3.90. The van der Waals surface area contributed by atoms with Gasteiger partial charge in [-0.3, -0.25) is 0 Å². The first kappa shape index (κ1) is 15.7. The molecular formula is C12H15BrF3NS. The van der Waals surface area contributed by atoms with Crippen LogP contribution >= 0.6 is 27.7 Å². The number of thioether (sulfide) groups is 1. The van der Waals surface area contributed by atoms with E-state index in [1.54, 1.807) is 11.8 Å². The lowest BCUT2D eigenvalue weighted by Crippen LogP contribution is -2.18. The quantitative estimate of drug-likeness (QED) is 0.806. The zero-order valence-electron chi connectivity index (χ0n) is 10.1. The van der Waals surface area contributed by atoms with Gasteiger partial charge in [-0.2, -0.15) is 24.9 Å². The molecule has 1 aromatic rings. The number of rotatable bonds is 5. The van der Waals surface area contributed by atoms with Gasteiger partial charge in [0.2, 0.25) is 0 Å². The molecule has 1 aromatic carbocycles. The van der Waals surface area contributed by atoms with Crippen LogP contribution < -0.4 is 5.32 Å². The van der Waals surface area contributed by atoms with Crippen LogP contribution in [0.4, 0.5) is 18.9 Å². The van der Waals surface area contributed by atoms with Crippen LogP contribution in [0.3, 0.4) is 0 Å². The Morgan fingerprint density at radius 3 is 2.56 bits per heavy atom. The fraction of sp³-hybridized carbons (Fsp3) is 0.500. The van der Waals surface area contributed by atoms with Crippen LogP contribution in [0, 0.1) is 0 Å². The zero-order chi connectivity index (χ0) is 13.8. The highest BCUT2D eigenvalue weighted by Gasteiger charge is 2.30. The van der Waals surface area contributed by atoms with Crippen molar-refractivity contribution in [2.24, 2.45) is 0 Å². The van der Waals surface area contributed by atoms with E-state index in [1.165, 1.54) is 6.07 Å². The molecule has 6 heteroatoms. The molecule has 0 radical (unpaired) electrons. The Bertz CT molecular complexity index is 395. The van der Waals surface area contributed by atoms with Gasteiger partial charge in [-0.15, -0.1) is 0 Å². The summed E-state index contributed by atoms with van der Waals surface area (Å²) < 4.78 is 37.9. The lowest BCUT2D eigenvalue weighted by molar-refractivity contribution is -0.137. The molecule has 18 heavy (non-hydrogen) atoms. The molecule has 0 heterocycles. The van der Waals surface area contributed by atoms with Gasteiger partial charge in [0, 0.05) is 22.0 Å². The van der Waals surface area contributed by atoms with Crippen molar-refractivity contribution in [1.82, 2.24) is 0 Å². The third kappa shape index (κ3) is 4.72. The van der Waals surface area contributed by atoms with E-state index in [1.807, 2.05) is 6.92 Å². The second kappa shape index (κ2) is 6.70. The minimum absolute atomic E-state index is 0.211. The Morgan fingerprint density at radius 2 is 2.06 bits per heavy atom. The number of benzene rings is 1. The molecule has 0 fully saturated rings. The first-order chi connectivity index (χ1) is 8.34. The Hall–Kier alpha value is -0.360. The van der Waals surface area contributed by atoms with Gasteiger partial charge in [-0.25, -0.2) is 0 Å². The molecule has 0 aliphatic rings. The first-order valence-corrected chi connectivity index (χ1v) is 7.50. The van der Waals surface area contributed by atoms with E-state index in [9.17, 15) is 13.2 Å². The SMILES string of the molecule is CCSCC(C)Nc1ccc(C(F)(F)F)cc1Br. The first-order valence-electron chi connectivity index (χ1n) is 5.55. The molecule has 1 nitrogen and oxygen atoms in total. The number of nitrogens with one attached hydrogen (secondary N) is 1. The van der Waals surface area contributed by atoms with Crippen molar-refractivity contribution < 1.29 is 13.2 Å². The highest BCUT2D eigenvalue weighted by Crippen LogP contribution is 2.34. The Labute approximate surface area is 118 Å². The average molecular weight is 342 g/mol. The molecule has 1 atom stereocenters. The molecule has 0 aliphatic carbocycles. The molecule has 0 spiro atoms. The summed E-state index contributed by atoms with van der Waals surface area (Å²) in [6, 6.07) is 3.86. The normalized spacial score (nSPS) is 13.4. The largest absolute Gasteiger partial charge is 0.416 e. The maximum Gasteiger partial charge on any atom is 0.416 e.